The van der Waals surface area contributed by atoms with Crippen LogP contribution in [0.25, 0.3) is 15.9 Å². The molecule has 0 saturated carbocycles. The molecule has 3 aromatic heterocycles. The molecule has 0 spiro atoms. The van der Waals surface area contributed by atoms with Gasteiger partial charge in [-0.1, -0.05) is 24.8 Å². The number of aromatic nitrogens is 2. The Kier molecular flexibility index (Phi) is 6.90. The van der Waals surface area contributed by atoms with Crippen LogP contribution < -0.4 is 15.6 Å². The zero-order valence-electron chi connectivity index (χ0n) is 18.9. The summed E-state index contributed by atoms with van der Waals surface area (Å²) in [6.07, 6.45) is 2.40. The zero-order valence-corrected chi connectivity index (χ0v) is 20.5. The van der Waals surface area contributed by atoms with Crippen LogP contribution >= 0.6 is 23.1 Å². The first-order valence-corrected chi connectivity index (χ1v) is 12.3. The molecule has 1 unspecified atom stereocenters. The Morgan fingerprint density at radius 1 is 1.33 bits per heavy atom. The molecule has 4 aromatic rings. The molecule has 7 nitrogen and oxygen atoms in total. The van der Waals surface area contributed by atoms with Gasteiger partial charge in [0.05, 0.1) is 36.2 Å². The van der Waals surface area contributed by atoms with Crippen molar-refractivity contribution >= 4 is 39.2 Å². The fourth-order valence-electron chi connectivity index (χ4n) is 3.55. The van der Waals surface area contributed by atoms with Gasteiger partial charge in [0.1, 0.15) is 16.3 Å². The number of hydrogen-bond donors (Lipinski definition) is 1. The average Bonchev–Trinajstić information content (AvgIpc) is 3.45. The predicted octanol–water partition coefficient (Wildman–Crippen LogP) is 4.72. The zero-order chi connectivity index (χ0) is 23.5. The highest BCUT2D eigenvalue weighted by molar-refractivity contribution is 8.00. The molecule has 1 N–H and O–H groups in total. The molecule has 0 aliphatic carbocycles. The van der Waals surface area contributed by atoms with Gasteiger partial charge in [0.15, 0.2) is 5.16 Å². The lowest BCUT2D eigenvalue weighted by molar-refractivity contribution is -0.120. The molecule has 1 atom stereocenters. The van der Waals surface area contributed by atoms with Crippen LogP contribution in [0.3, 0.4) is 0 Å². The van der Waals surface area contributed by atoms with Crippen LogP contribution in [0.15, 0.2) is 57.0 Å². The quantitative estimate of drug-likeness (QED) is 0.288. The molecule has 3 heterocycles. The van der Waals surface area contributed by atoms with E-state index >= 15 is 0 Å². The lowest BCUT2D eigenvalue weighted by atomic mass is 10.2. The minimum absolute atomic E-state index is 0.146. The summed E-state index contributed by atoms with van der Waals surface area (Å²) in [6, 6.07) is 10.9. The molecule has 0 saturated heterocycles. The number of hydrogen-bond acceptors (Lipinski definition) is 7. The van der Waals surface area contributed by atoms with E-state index in [9.17, 15) is 9.59 Å². The van der Waals surface area contributed by atoms with E-state index in [2.05, 4.69) is 12.2 Å². The fourth-order valence-corrected chi connectivity index (χ4v) is 5.66. The van der Waals surface area contributed by atoms with Gasteiger partial charge in [0.2, 0.25) is 5.91 Å². The minimum Gasteiger partial charge on any atom is -0.497 e. The van der Waals surface area contributed by atoms with Crippen LogP contribution in [0.5, 0.6) is 5.75 Å². The summed E-state index contributed by atoms with van der Waals surface area (Å²) in [5.41, 5.74) is 1.46. The molecule has 1 amide bonds. The molecular formula is C24H25N3O4S2. The minimum atomic E-state index is -0.479. The largest absolute Gasteiger partial charge is 0.497 e. The topological polar surface area (TPSA) is 86.4 Å². The van der Waals surface area contributed by atoms with Crippen LogP contribution in [0.1, 0.15) is 30.0 Å². The van der Waals surface area contributed by atoms with E-state index in [1.807, 2.05) is 25.1 Å². The van der Waals surface area contributed by atoms with Crippen molar-refractivity contribution in [3.8, 4) is 11.4 Å². The number of thiophene rings is 1. The second-order valence-electron chi connectivity index (χ2n) is 7.48. The molecule has 0 radical (unpaired) electrons. The van der Waals surface area contributed by atoms with Crippen molar-refractivity contribution in [2.24, 2.45) is 0 Å². The van der Waals surface area contributed by atoms with E-state index in [0.29, 0.717) is 39.1 Å². The predicted molar refractivity (Wildman–Crippen MR) is 132 cm³/mol. The molecule has 4 rings (SSSR count). The van der Waals surface area contributed by atoms with Crippen molar-refractivity contribution < 1.29 is 13.9 Å². The standard InChI is InChI=1S/C24H25N3O4S2/c1-5-19-14(2)20-22(33-19)26-24(27(23(20)29)16-8-6-9-17(12-16)30-4)32-15(3)21(28)25-13-18-10-7-11-31-18/h6-12,15H,5,13H2,1-4H3,(H,25,28). The first kappa shape index (κ1) is 23.1. The van der Waals surface area contributed by atoms with Crippen molar-refractivity contribution in [3.05, 3.63) is 69.2 Å². The lowest BCUT2D eigenvalue weighted by Gasteiger charge is -2.16. The number of amides is 1. The number of fused-ring (bicyclic) bond motifs is 1. The molecule has 0 aliphatic heterocycles. The summed E-state index contributed by atoms with van der Waals surface area (Å²) < 4.78 is 12.2. The Balaban J connectivity index is 1.75. The third kappa shape index (κ3) is 4.69. The van der Waals surface area contributed by atoms with Gasteiger partial charge in [-0.15, -0.1) is 11.3 Å². The normalized spacial score (nSPS) is 12.1. The van der Waals surface area contributed by atoms with Crippen molar-refractivity contribution in [1.82, 2.24) is 14.9 Å². The van der Waals surface area contributed by atoms with Gasteiger partial charge in [-0.2, -0.15) is 0 Å². The van der Waals surface area contributed by atoms with E-state index in [1.54, 1.807) is 43.1 Å². The number of aryl methyl sites for hydroxylation is 2. The fraction of sp³-hybridized carbons (Fsp3) is 0.292. The number of carbonyl (C=O) groups excluding carboxylic acids is 1. The average molecular weight is 484 g/mol. The highest BCUT2D eigenvalue weighted by atomic mass is 32.2. The molecule has 0 aliphatic rings. The van der Waals surface area contributed by atoms with Gasteiger partial charge >= 0.3 is 0 Å². The van der Waals surface area contributed by atoms with Crippen LogP contribution in [-0.4, -0.2) is 27.8 Å². The third-order valence-corrected chi connectivity index (χ3v) is 7.72. The number of nitrogens with one attached hydrogen (secondary N) is 1. The van der Waals surface area contributed by atoms with Crippen LogP contribution in [-0.2, 0) is 17.8 Å². The number of rotatable bonds is 8. The maximum atomic E-state index is 13.7. The van der Waals surface area contributed by atoms with E-state index in [-0.39, 0.29) is 11.5 Å². The number of benzene rings is 1. The van der Waals surface area contributed by atoms with Gasteiger partial charge in [-0.25, -0.2) is 4.98 Å². The second kappa shape index (κ2) is 9.84. The SMILES string of the molecule is CCc1sc2nc(SC(C)C(=O)NCc3ccco3)n(-c3cccc(OC)c3)c(=O)c2c1C. The number of carbonyl (C=O) groups is 1. The number of methoxy groups -OCH3 is 1. The van der Waals surface area contributed by atoms with Crippen molar-refractivity contribution in [2.75, 3.05) is 7.11 Å². The van der Waals surface area contributed by atoms with E-state index < -0.39 is 5.25 Å². The van der Waals surface area contributed by atoms with Crippen LogP contribution in [0.4, 0.5) is 0 Å². The van der Waals surface area contributed by atoms with Crippen molar-refractivity contribution in [3.63, 3.8) is 0 Å². The second-order valence-corrected chi connectivity index (χ2v) is 9.87. The van der Waals surface area contributed by atoms with Crippen LogP contribution in [0, 0.1) is 6.92 Å². The number of ether oxygens (including phenoxy) is 1. The van der Waals surface area contributed by atoms with Gasteiger partial charge in [0, 0.05) is 10.9 Å². The van der Waals surface area contributed by atoms with E-state index in [4.69, 9.17) is 14.1 Å². The Hall–Kier alpha value is -3.04. The van der Waals surface area contributed by atoms with Crippen LogP contribution in [0.2, 0.25) is 0 Å². The molecule has 0 bridgehead atoms. The summed E-state index contributed by atoms with van der Waals surface area (Å²) >= 11 is 2.78. The molecule has 172 valence electrons. The Morgan fingerprint density at radius 3 is 2.85 bits per heavy atom. The van der Waals surface area contributed by atoms with Crippen molar-refractivity contribution in [1.29, 1.82) is 0 Å². The molecule has 1 aromatic carbocycles. The Morgan fingerprint density at radius 2 is 2.15 bits per heavy atom. The smallest absolute Gasteiger partial charge is 0.267 e. The van der Waals surface area contributed by atoms with E-state index in [0.717, 1.165) is 16.9 Å². The summed E-state index contributed by atoms with van der Waals surface area (Å²) in [5.74, 6) is 1.14. The summed E-state index contributed by atoms with van der Waals surface area (Å²) in [7, 11) is 1.58. The molecule has 0 fully saturated rings. The Bertz CT molecular complexity index is 1340. The lowest BCUT2D eigenvalue weighted by Crippen LogP contribution is -2.31. The van der Waals surface area contributed by atoms with E-state index in [1.165, 1.54) is 23.1 Å². The van der Waals surface area contributed by atoms with Gasteiger partial charge < -0.3 is 14.5 Å². The number of thioether (sulfide) groups is 1. The first-order valence-electron chi connectivity index (χ1n) is 10.6. The first-order chi connectivity index (χ1) is 15.9. The van der Waals surface area contributed by atoms with Crippen molar-refractivity contribution in [2.45, 2.75) is 44.1 Å². The number of nitrogens with zero attached hydrogens (tertiary/aromatic N) is 2. The maximum absolute atomic E-state index is 13.7. The highest BCUT2D eigenvalue weighted by Gasteiger charge is 2.23. The molecule has 33 heavy (non-hydrogen) atoms. The summed E-state index contributed by atoms with van der Waals surface area (Å²) in [4.78, 5) is 33.1. The molecule has 9 heteroatoms. The molecular weight excluding hydrogens is 458 g/mol. The monoisotopic (exact) mass is 483 g/mol. The number of furan rings is 1. The Labute approximate surface area is 199 Å². The maximum Gasteiger partial charge on any atom is 0.267 e. The third-order valence-electron chi connectivity index (χ3n) is 5.33. The van der Waals surface area contributed by atoms with Gasteiger partial charge in [-0.05, 0) is 50.1 Å². The summed E-state index contributed by atoms with van der Waals surface area (Å²) in [6.45, 7) is 6.13. The summed E-state index contributed by atoms with van der Waals surface area (Å²) in [5, 5.41) is 3.48. The van der Waals surface area contributed by atoms with Gasteiger partial charge in [-0.3, -0.25) is 14.2 Å². The highest BCUT2D eigenvalue weighted by Crippen LogP contribution is 2.32. The van der Waals surface area contributed by atoms with Gasteiger partial charge in [0.25, 0.3) is 5.56 Å².